The van der Waals surface area contributed by atoms with Gasteiger partial charge >= 0.3 is 0 Å². The number of benzene rings is 1. The Morgan fingerprint density at radius 1 is 1.43 bits per heavy atom. The van der Waals surface area contributed by atoms with Crippen molar-refractivity contribution in [1.82, 2.24) is 0 Å². The molecule has 0 fully saturated rings. The first-order chi connectivity index (χ1) is 6.83. The number of rotatable bonds is 4. The minimum Gasteiger partial charge on any atom is -0.120 e. The quantitative estimate of drug-likeness (QED) is 0.511. The minimum absolute atomic E-state index is 0.774. The van der Waals surface area contributed by atoms with Gasteiger partial charge in [-0.1, -0.05) is 35.9 Å². The van der Waals surface area contributed by atoms with E-state index in [4.69, 9.17) is 18.0 Å². The van der Waals surface area contributed by atoms with Crippen molar-refractivity contribution >= 4 is 17.7 Å². The summed E-state index contributed by atoms with van der Waals surface area (Å²) in [4.78, 5) is 0. The van der Waals surface area contributed by atoms with Crippen molar-refractivity contribution in [2.75, 3.05) is 0 Å². The Morgan fingerprint density at radius 3 is 3.00 bits per heavy atom. The molecule has 0 saturated carbocycles. The summed E-state index contributed by atoms with van der Waals surface area (Å²) in [6, 6.07) is 7.80. The maximum Gasteiger partial charge on any atom is 0.0411 e. The SMILES string of the molecule is C#CCCC/C=C/c1cccc(Cl)c1. The Bertz CT molecular complexity index is 344. The predicted molar refractivity (Wildman–Crippen MR) is 63.2 cm³/mol. The van der Waals surface area contributed by atoms with Gasteiger partial charge in [0.25, 0.3) is 0 Å². The van der Waals surface area contributed by atoms with Crippen LogP contribution in [0.2, 0.25) is 5.02 Å². The van der Waals surface area contributed by atoms with Crippen molar-refractivity contribution in [3.8, 4) is 12.3 Å². The lowest BCUT2D eigenvalue weighted by atomic mass is 10.1. The van der Waals surface area contributed by atoms with Gasteiger partial charge < -0.3 is 0 Å². The van der Waals surface area contributed by atoms with Gasteiger partial charge in [0.1, 0.15) is 0 Å². The second-order valence-electron chi connectivity index (χ2n) is 3.05. The maximum atomic E-state index is 5.85. The lowest BCUT2D eigenvalue weighted by molar-refractivity contribution is 0.888. The number of unbranched alkanes of at least 4 members (excludes halogenated alkanes) is 2. The van der Waals surface area contributed by atoms with Crippen LogP contribution in [0.3, 0.4) is 0 Å². The molecule has 0 aliphatic carbocycles. The summed E-state index contributed by atoms with van der Waals surface area (Å²) in [6.07, 6.45) is 12.3. The number of hydrogen-bond donors (Lipinski definition) is 0. The van der Waals surface area contributed by atoms with Gasteiger partial charge in [-0.3, -0.25) is 0 Å². The third-order valence-corrected chi connectivity index (χ3v) is 2.09. The molecule has 0 N–H and O–H groups in total. The normalized spacial score (nSPS) is 10.3. The van der Waals surface area contributed by atoms with Gasteiger partial charge in [-0.15, -0.1) is 12.3 Å². The lowest BCUT2D eigenvalue weighted by Crippen LogP contribution is -1.72. The van der Waals surface area contributed by atoms with Gasteiger partial charge in [0.2, 0.25) is 0 Å². The highest BCUT2D eigenvalue weighted by Gasteiger charge is 1.88. The highest BCUT2D eigenvalue weighted by molar-refractivity contribution is 6.30. The van der Waals surface area contributed by atoms with Gasteiger partial charge in [0.05, 0.1) is 0 Å². The summed E-state index contributed by atoms with van der Waals surface area (Å²) < 4.78 is 0. The topological polar surface area (TPSA) is 0 Å². The van der Waals surface area contributed by atoms with E-state index < -0.39 is 0 Å². The number of halogens is 1. The average Bonchev–Trinajstić information content (AvgIpc) is 2.18. The van der Waals surface area contributed by atoms with Crippen LogP contribution in [0.1, 0.15) is 24.8 Å². The van der Waals surface area contributed by atoms with Crippen LogP contribution in [0.25, 0.3) is 6.08 Å². The zero-order valence-electron chi connectivity index (χ0n) is 8.04. The van der Waals surface area contributed by atoms with Crippen molar-refractivity contribution in [3.63, 3.8) is 0 Å². The second kappa shape index (κ2) is 6.29. The van der Waals surface area contributed by atoms with Gasteiger partial charge in [0.15, 0.2) is 0 Å². The molecule has 1 aromatic carbocycles. The van der Waals surface area contributed by atoms with Crippen molar-refractivity contribution in [2.45, 2.75) is 19.3 Å². The van der Waals surface area contributed by atoms with E-state index >= 15 is 0 Å². The molecule has 0 saturated heterocycles. The summed E-state index contributed by atoms with van der Waals surface area (Å²) in [5.41, 5.74) is 1.14. The number of hydrogen-bond acceptors (Lipinski definition) is 0. The Morgan fingerprint density at radius 2 is 2.29 bits per heavy atom. The Kier molecular flexibility index (Phi) is 4.89. The Balaban J connectivity index is 2.41. The zero-order chi connectivity index (χ0) is 10.2. The third kappa shape index (κ3) is 4.16. The van der Waals surface area contributed by atoms with E-state index in [1.807, 2.05) is 24.3 Å². The Labute approximate surface area is 90.6 Å². The molecule has 1 aromatic rings. The molecule has 0 heterocycles. The first-order valence-electron chi connectivity index (χ1n) is 4.68. The molecule has 0 amide bonds. The van der Waals surface area contributed by atoms with Crippen LogP contribution in [-0.2, 0) is 0 Å². The summed E-state index contributed by atoms with van der Waals surface area (Å²) in [7, 11) is 0. The summed E-state index contributed by atoms with van der Waals surface area (Å²) in [6.45, 7) is 0. The molecule has 0 aliphatic rings. The molecule has 0 unspecified atom stereocenters. The van der Waals surface area contributed by atoms with E-state index in [2.05, 4.69) is 18.1 Å². The maximum absolute atomic E-state index is 5.85. The standard InChI is InChI=1S/C13H13Cl/c1-2-3-4-5-6-8-12-9-7-10-13(14)11-12/h1,6-11H,3-5H2/b8-6+. The van der Waals surface area contributed by atoms with E-state index in [9.17, 15) is 0 Å². The van der Waals surface area contributed by atoms with Crippen LogP contribution >= 0.6 is 11.6 Å². The monoisotopic (exact) mass is 204 g/mol. The summed E-state index contributed by atoms with van der Waals surface area (Å²) >= 11 is 5.85. The molecule has 0 radical (unpaired) electrons. The summed E-state index contributed by atoms with van der Waals surface area (Å²) in [5, 5.41) is 0.774. The van der Waals surface area contributed by atoms with E-state index in [0.717, 1.165) is 29.8 Å². The molecular formula is C13H13Cl. The Hall–Kier alpha value is -1.19. The fraction of sp³-hybridized carbons (Fsp3) is 0.231. The smallest absolute Gasteiger partial charge is 0.0411 e. The highest BCUT2D eigenvalue weighted by atomic mass is 35.5. The molecule has 0 bridgehead atoms. The number of allylic oxidation sites excluding steroid dienone is 1. The van der Waals surface area contributed by atoms with Crippen LogP contribution in [0, 0.1) is 12.3 Å². The van der Waals surface area contributed by atoms with Crippen LogP contribution in [0.4, 0.5) is 0 Å². The van der Waals surface area contributed by atoms with Crippen LogP contribution in [0.15, 0.2) is 30.3 Å². The van der Waals surface area contributed by atoms with Crippen molar-refractivity contribution in [1.29, 1.82) is 0 Å². The molecule has 0 aliphatic heterocycles. The predicted octanol–water partition coefficient (Wildman–Crippen LogP) is 4.16. The fourth-order valence-electron chi connectivity index (χ4n) is 1.15. The molecular weight excluding hydrogens is 192 g/mol. The molecule has 0 atom stereocenters. The molecule has 72 valence electrons. The first-order valence-corrected chi connectivity index (χ1v) is 5.06. The zero-order valence-corrected chi connectivity index (χ0v) is 8.80. The van der Waals surface area contributed by atoms with Gasteiger partial charge in [-0.05, 0) is 30.5 Å². The van der Waals surface area contributed by atoms with Crippen LogP contribution in [0.5, 0.6) is 0 Å². The van der Waals surface area contributed by atoms with Crippen LogP contribution in [-0.4, -0.2) is 0 Å². The molecule has 1 rings (SSSR count). The second-order valence-corrected chi connectivity index (χ2v) is 3.49. The van der Waals surface area contributed by atoms with E-state index in [1.54, 1.807) is 0 Å². The number of terminal acetylenes is 1. The minimum atomic E-state index is 0.774. The lowest BCUT2D eigenvalue weighted by Gasteiger charge is -1.93. The molecule has 14 heavy (non-hydrogen) atoms. The van der Waals surface area contributed by atoms with E-state index in [1.165, 1.54) is 0 Å². The molecule has 0 aromatic heterocycles. The summed E-state index contributed by atoms with van der Waals surface area (Å²) in [5.74, 6) is 2.62. The van der Waals surface area contributed by atoms with Crippen LogP contribution < -0.4 is 0 Å². The van der Waals surface area contributed by atoms with E-state index in [-0.39, 0.29) is 0 Å². The average molecular weight is 205 g/mol. The first kappa shape index (κ1) is 10.9. The molecule has 0 spiro atoms. The highest BCUT2D eigenvalue weighted by Crippen LogP contribution is 2.12. The third-order valence-electron chi connectivity index (χ3n) is 1.85. The van der Waals surface area contributed by atoms with Gasteiger partial charge in [-0.25, -0.2) is 0 Å². The van der Waals surface area contributed by atoms with Gasteiger partial charge in [-0.2, -0.15) is 0 Å². The largest absolute Gasteiger partial charge is 0.120 e. The molecule has 0 nitrogen and oxygen atoms in total. The van der Waals surface area contributed by atoms with Gasteiger partial charge in [0, 0.05) is 11.4 Å². The van der Waals surface area contributed by atoms with Crippen molar-refractivity contribution in [3.05, 3.63) is 40.9 Å². The fourth-order valence-corrected chi connectivity index (χ4v) is 1.35. The van der Waals surface area contributed by atoms with E-state index in [0.29, 0.717) is 0 Å². The van der Waals surface area contributed by atoms with Crippen molar-refractivity contribution < 1.29 is 0 Å². The van der Waals surface area contributed by atoms with Crippen molar-refractivity contribution in [2.24, 2.45) is 0 Å². The molecule has 1 heteroatoms.